The second kappa shape index (κ2) is 7.24. The van der Waals surface area contributed by atoms with Crippen molar-refractivity contribution in [2.45, 2.75) is 52.0 Å². The van der Waals surface area contributed by atoms with E-state index in [1.807, 2.05) is 18.7 Å². The topological polar surface area (TPSA) is 66.5 Å². The van der Waals surface area contributed by atoms with Gasteiger partial charge in [0.25, 0.3) is 0 Å². The monoisotopic (exact) mass is 290 g/mol. The first-order valence-corrected chi connectivity index (χ1v) is 8.95. The highest BCUT2D eigenvalue weighted by atomic mass is 32.2. The Bertz CT molecular complexity index is 385. The number of sulfonamides is 1. The molecule has 5 nitrogen and oxygen atoms in total. The fourth-order valence-electron chi connectivity index (χ4n) is 2.44. The van der Waals surface area contributed by atoms with Crippen LogP contribution >= 0.6 is 0 Å². The smallest absolute Gasteiger partial charge is 0.240 e. The molecule has 1 aliphatic rings. The molecule has 1 amide bonds. The van der Waals surface area contributed by atoms with Crippen molar-refractivity contribution in [2.75, 3.05) is 19.3 Å². The maximum atomic E-state index is 12.5. The molecule has 0 bridgehead atoms. The summed E-state index contributed by atoms with van der Waals surface area (Å²) in [4.78, 5) is 14.3. The third kappa shape index (κ3) is 6.38. The van der Waals surface area contributed by atoms with Crippen molar-refractivity contribution in [3.05, 3.63) is 0 Å². The van der Waals surface area contributed by atoms with Crippen molar-refractivity contribution in [1.29, 1.82) is 0 Å². The molecule has 0 aromatic heterocycles. The van der Waals surface area contributed by atoms with Crippen LogP contribution in [0.4, 0.5) is 0 Å². The minimum atomic E-state index is -3.36. The van der Waals surface area contributed by atoms with E-state index in [0.29, 0.717) is 6.42 Å². The maximum Gasteiger partial charge on any atom is 0.240 e. The van der Waals surface area contributed by atoms with Crippen LogP contribution in [0.2, 0.25) is 0 Å². The number of hydrogen-bond acceptors (Lipinski definition) is 3. The van der Waals surface area contributed by atoms with E-state index in [9.17, 15) is 13.2 Å². The Morgan fingerprint density at radius 2 is 1.68 bits per heavy atom. The summed E-state index contributed by atoms with van der Waals surface area (Å²) in [6.07, 6.45) is 5.98. The first kappa shape index (κ1) is 16.4. The predicted octanol–water partition coefficient (Wildman–Crippen LogP) is 1.35. The van der Waals surface area contributed by atoms with Crippen molar-refractivity contribution >= 4 is 15.9 Å². The van der Waals surface area contributed by atoms with E-state index >= 15 is 0 Å². The van der Waals surface area contributed by atoms with Crippen LogP contribution in [0.25, 0.3) is 0 Å². The van der Waals surface area contributed by atoms with Crippen molar-refractivity contribution in [3.8, 4) is 0 Å². The molecule has 1 heterocycles. The summed E-state index contributed by atoms with van der Waals surface area (Å²) in [6.45, 7) is 5.48. The Balaban J connectivity index is 2.74. The minimum Gasteiger partial charge on any atom is -0.341 e. The molecule has 0 aromatic rings. The van der Waals surface area contributed by atoms with Crippen molar-refractivity contribution in [1.82, 2.24) is 9.62 Å². The van der Waals surface area contributed by atoms with Crippen LogP contribution in [-0.2, 0) is 14.8 Å². The van der Waals surface area contributed by atoms with E-state index in [1.165, 1.54) is 0 Å². The van der Waals surface area contributed by atoms with Crippen molar-refractivity contribution < 1.29 is 13.2 Å². The lowest BCUT2D eigenvalue weighted by molar-refractivity contribution is -0.133. The first-order valence-electron chi connectivity index (χ1n) is 7.05. The summed E-state index contributed by atoms with van der Waals surface area (Å²) in [6, 6.07) is -0.618. The summed E-state index contributed by atoms with van der Waals surface area (Å²) in [5.41, 5.74) is 0. The van der Waals surface area contributed by atoms with Gasteiger partial charge in [-0.05, 0) is 25.2 Å². The van der Waals surface area contributed by atoms with E-state index < -0.39 is 16.1 Å². The van der Waals surface area contributed by atoms with Gasteiger partial charge in [-0.15, -0.1) is 0 Å². The van der Waals surface area contributed by atoms with Gasteiger partial charge in [0.1, 0.15) is 6.04 Å². The number of carbonyl (C=O) groups is 1. The van der Waals surface area contributed by atoms with Gasteiger partial charge in [0, 0.05) is 13.1 Å². The zero-order valence-electron chi connectivity index (χ0n) is 12.2. The Morgan fingerprint density at radius 1 is 1.16 bits per heavy atom. The highest BCUT2D eigenvalue weighted by molar-refractivity contribution is 7.88. The van der Waals surface area contributed by atoms with Gasteiger partial charge in [0.15, 0.2) is 0 Å². The van der Waals surface area contributed by atoms with Gasteiger partial charge in [-0.1, -0.05) is 26.7 Å². The fraction of sp³-hybridized carbons (Fsp3) is 0.923. The van der Waals surface area contributed by atoms with Crippen LogP contribution in [-0.4, -0.2) is 44.6 Å². The second-order valence-corrected chi connectivity index (χ2v) is 7.59. The molecule has 1 rings (SSSR count). The van der Waals surface area contributed by atoms with E-state index in [-0.39, 0.29) is 11.8 Å². The Hall–Kier alpha value is -0.620. The second-order valence-electron chi connectivity index (χ2n) is 5.81. The van der Waals surface area contributed by atoms with Crippen LogP contribution in [0, 0.1) is 5.92 Å². The quantitative estimate of drug-likeness (QED) is 0.831. The summed E-state index contributed by atoms with van der Waals surface area (Å²) < 4.78 is 25.3. The van der Waals surface area contributed by atoms with Gasteiger partial charge in [-0.25, -0.2) is 13.1 Å². The molecule has 1 saturated heterocycles. The van der Waals surface area contributed by atoms with Crippen molar-refractivity contribution in [2.24, 2.45) is 5.92 Å². The van der Waals surface area contributed by atoms with E-state index in [2.05, 4.69) is 4.72 Å². The predicted molar refractivity (Wildman–Crippen MR) is 76.3 cm³/mol. The molecule has 1 aliphatic heterocycles. The lowest BCUT2D eigenvalue weighted by Gasteiger charge is -2.27. The molecule has 1 fully saturated rings. The lowest BCUT2D eigenvalue weighted by Crippen LogP contribution is -2.49. The largest absolute Gasteiger partial charge is 0.341 e. The zero-order valence-corrected chi connectivity index (χ0v) is 13.0. The zero-order chi connectivity index (χ0) is 14.5. The number of nitrogens with one attached hydrogen (secondary N) is 1. The standard InChI is InChI=1S/C13H26N2O3S/c1-11(2)10-12(14-19(3,17)18)13(16)15-8-6-4-5-7-9-15/h11-12,14H,4-10H2,1-3H3/t12-/m0/s1. The highest BCUT2D eigenvalue weighted by Crippen LogP contribution is 2.14. The molecule has 112 valence electrons. The summed E-state index contributed by atoms with van der Waals surface area (Å²) in [5, 5.41) is 0. The van der Waals surface area contributed by atoms with Gasteiger partial charge < -0.3 is 4.90 Å². The Morgan fingerprint density at radius 3 is 2.11 bits per heavy atom. The molecular formula is C13H26N2O3S. The van der Waals surface area contributed by atoms with Crippen LogP contribution in [0.1, 0.15) is 46.0 Å². The number of nitrogens with zero attached hydrogens (tertiary/aromatic N) is 1. The maximum absolute atomic E-state index is 12.5. The van der Waals surface area contributed by atoms with E-state index in [0.717, 1.165) is 45.0 Å². The molecular weight excluding hydrogens is 264 g/mol. The van der Waals surface area contributed by atoms with Gasteiger partial charge in [0.05, 0.1) is 6.26 Å². The van der Waals surface area contributed by atoms with Gasteiger partial charge >= 0.3 is 0 Å². The Labute approximate surface area is 116 Å². The van der Waals surface area contributed by atoms with Gasteiger partial charge in [0.2, 0.25) is 15.9 Å². The molecule has 0 aliphatic carbocycles. The molecule has 0 unspecified atom stereocenters. The molecule has 19 heavy (non-hydrogen) atoms. The highest BCUT2D eigenvalue weighted by Gasteiger charge is 2.27. The number of hydrogen-bond donors (Lipinski definition) is 1. The SMILES string of the molecule is CC(C)C[C@H](NS(C)(=O)=O)C(=O)N1CCCCCC1. The number of rotatable bonds is 5. The Kier molecular flexibility index (Phi) is 6.26. The third-order valence-electron chi connectivity index (χ3n) is 3.28. The summed E-state index contributed by atoms with van der Waals surface area (Å²) >= 11 is 0. The van der Waals surface area contributed by atoms with E-state index in [4.69, 9.17) is 0 Å². The first-order chi connectivity index (χ1) is 8.79. The number of carbonyl (C=O) groups excluding carboxylic acids is 1. The third-order valence-corrected chi connectivity index (χ3v) is 3.99. The normalized spacial score (nSPS) is 19.3. The van der Waals surface area contributed by atoms with E-state index in [1.54, 1.807) is 0 Å². The number of amides is 1. The van der Waals surface area contributed by atoms with Crippen LogP contribution < -0.4 is 4.72 Å². The van der Waals surface area contributed by atoms with Gasteiger partial charge in [-0.3, -0.25) is 4.79 Å². The number of likely N-dealkylation sites (tertiary alicyclic amines) is 1. The molecule has 6 heteroatoms. The average Bonchev–Trinajstić information content (AvgIpc) is 2.53. The molecule has 1 N–H and O–H groups in total. The van der Waals surface area contributed by atoms with Crippen LogP contribution in [0.3, 0.4) is 0 Å². The fourth-order valence-corrected chi connectivity index (χ4v) is 3.15. The van der Waals surface area contributed by atoms with Crippen LogP contribution in [0.5, 0.6) is 0 Å². The van der Waals surface area contributed by atoms with Gasteiger partial charge in [-0.2, -0.15) is 0 Å². The molecule has 0 aromatic carbocycles. The summed E-state index contributed by atoms with van der Waals surface area (Å²) in [5.74, 6) is 0.205. The average molecular weight is 290 g/mol. The van der Waals surface area contributed by atoms with Crippen molar-refractivity contribution in [3.63, 3.8) is 0 Å². The summed E-state index contributed by atoms with van der Waals surface area (Å²) in [7, 11) is -3.36. The molecule has 0 spiro atoms. The lowest BCUT2D eigenvalue weighted by atomic mass is 10.0. The molecule has 1 atom stereocenters. The minimum absolute atomic E-state index is 0.0685. The molecule has 0 saturated carbocycles. The molecule has 0 radical (unpaired) electrons. The van der Waals surface area contributed by atoms with Crippen LogP contribution in [0.15, 0.2) is 0 Å².